The lowest BCUT2D eigenvalue weighted by molar-refractivity contribution is -0.132. The van der Waals surface area contributed by atoms with Crippen LogP contribution in [0.1, 0.15) is 16.7 Å². The highest BCUT2D eigenvalue weighted by Crippen LogP contribution is 2.26. The molecule has 0 atom stereocenters. The summed E-state index contributed by atoms with van der Waals surface area (Å²) in [5.41, 5.74) is 4.05. The number of fused-ring (bicyclic) bond motifs is 1. The molecule has 1 saturated heterocycles. The van der Waals surface area contributed by atoms with Crippen LogP contribution in [0.15, 0.2) is 47.1 Å². The number of amides is 1. The summed E-state index contributed by atoms with van der Waals surface area (Å²) in [5.74, 6) is 1.83. The first-order valence-corrected chi connectivity index (χ1v) is 10.2. The van der Waals surface area contributed by atoms with Crippen molar-refractivity contribution < 1.29 is 18.7 Å². The molecule has 0 aliphatic carbocycles. The minimum atomic E-state index is 0.150. The first-order valence-electron chi connectivity index (χ1n) is 10.2. The zero-order chi connectivity index (χ0) is 21.1. The number of furan rings is 1. The van der Waals surface area contributed by atoms with Gasteiger partial charge in [-0.15, -0.1) is 0 Å². The second-order valence-corrected chi connectivity index (χ2v) is 7.77. The Hall–Kier alpha value is -2.99. The topological polar surface area (TPSA) is 55.2 Å². The molecule has 1 aliphatic rings. The van der Waals surface area contributed by atoms with Crippen molar-refractivity contribution in [2.75, 3.05) is 40.4 Å². The maximum Gasteiger partial charge on any atom is 0.227 e. The van der Waals surface area contributed by atoms with Gasteiger partial charge >= 0.3 is 0 Å². The molecule has 158 valence electrons. The number of methoxy groups -OCH3 is 2. The summed E-state index contributed by atoms with van der Waals surface area (Å²) in [6.45, 7) is 5.91. The number of rotatable bonds is 6. The third-order valence-corrected chi connectivity index (χ3v) is 5.76. The summed E-state index contributed by atoms with van der Waals surface area (Å²) in [4.78, 5) is 17.1. The number of carbonyl (C=O) groups excluding carboxylic acids is 1. The van der Waals surface area contributed by atoms with E-state index < -0.39 is 0 Å². The summed E-state index contributed by atoms with van der Waals surface area (Å²) >= 11 is 0. The number of hydrogen-bond donors (Lipinski definition) is 0. The Balaban J connectivity index is 1.35. The number of benzene rings is 2. The van der Waals surface area contributed by atoms with E-state index in [0.717, 1.165) is 71.9 Å². The first kappa shape index (κ1) is 20.3. The molecule has 0 unspecified atom stereocenters. The Kier molecular flexibility index (Phi) is 5.95. The molecule has 6 heteroatoms. The molecule has 1 amide bonds. The number of aryl methyl sites for hydroxylation is 1. The smallest absolute Gasteiger partial charge is 0.227 e. The van der Waals surface area contributed by atoms with Crippen LogP contribution in [-0.2, 0) is 17.8 Å². The van der Waals surface area contributed by atoms with E-state index in [9.17, 15) is 4.79 Å². The third kappa shape index (κ3) is 4.28. The summed E-state index contributed by atoms with van der Waals surface area (Å²) < 4.78 is 16.5. The minimum absolute atomic E-state index is 0.150. The minimum Gasteiger partial charge on any atom is -0.497 e. The van der Waals surface area contributed by atoms with Gasteiger partial charge in [0.05, 0.1) is 26.9 Å². The van der Waals surface area contributed by atoms with E-state index in [-0.39, 0.29) is 5.91 Å². The van der Waals surface area contributed by atoms with Crippen LogP contribution in [0.3, 0.4) is 0 Å². The molecule has 30 heavy (non-hydrogen) atoms. The van der Waals surface area contributed by atoms with Crippen LogP contribution < -0.4 is 9.47 Å². The largest absolute Gasteiger partial charge is 0.497 e. The summed E-state index contributed by atoms with van der Waals surface area (Å²) in [5, 5.41) is 1.03. The van der Waals surface area contributed by atoms with Crippen LogP contribution in [0.4, 0.5) is 0 Å². The van der Waals surface area contributed by atoms with Gasteiger partial charge in [0.25, 0.3) is 0 Å². The molecule has 3 aromatic rings. The molecule has 1 aromatic heterocycles. The van der Waals surface area contributed by atoms with E-state index in [1.807, 2.05) is 42.2 Å². The van der Waals surface area contributed by atoms with E-state index in [1.165, 1.54) is 0 Å². The molecule has 4 rings (SSSR count). The molecular weight excluding hydrogens is 380 g/mol. The quantitative estimate of drug-likeness (QED) is 0.623. The number of hydrogen-bond acceptors (Lipinski definition) is 5. The highest BCUT2D eigenvalue weighted by atomic mass is 16.5. The summed E-state index contributed by atoms with van der Waals surface area (Å²) in [6, 6.07) is 12.0. The zero-order valence-corrected chi connectivity index (χ0v) is 17.8. The fourth-order valence-electron chi connectivity index (χ4n) is 4.00. The highest BCUT2D eigenvalue weighted by Gasteiger charge is 2.23. The van der Waals surface area contributed by atoms with Crippen molar-refractivity contribution in [3.63, 3.8) is 0 Å². The van der Waals surface area contributed by atoms with Crippen molar-refractivity contribution in [2.45, 2.75) is 19.9 Å². The number of nitrogens with zero attached hydrogens (tertiary/aromatic N) is 2. The Morgan fingerprint density at radius 2 is 1.80 bits per heavy atom. The van der Waals surface area contributed by atoms with Crippen LogP contribution in [0, 0.1) is 6.92 Å². The Bertz CT molecular complexity index is 1030. The number of ether oxygens (including phenoxy) is 2. The lowest BCUT2D eigenvalue weighted by Crippen LogP contribution is -2.48. The van der Waals surface area contributed by atoms with Gasteiger partial charge in [-0.2, -0.15) is 0 Å². The predicted octanol–water partition coefficient (Wildman–Crippen LogP) is 3.65. The lowest BCUT2D eigenvalue weighted by atomic mass is 10.1. The molecule has 1 aliphatic heterocycles. The first-order chi connectivity index (χ1) is 14.6. The molecular formula is C24H28N2O4. The molecule has 0 bridgehead atoms. The maximum absolute atomic E-state index is 12.9. The molecule has 0 N–H and O–H groups in total. The predicted molar refractivity (Wildman–Crippen MR) is 116 cm³/mol. The molecule has 2 aromatic carbocycles. The van der Waals surface area contributed by atoms with Crippen molar-refractivity contribution in [1.29, 1.82) is 0 Å². The monoisotopic (exact) mass is 408 g/mol. The SMILES string of the molecule is COc1ccc(OC)c(CN2CCN(C(=O)Cc3coc4cc(C)ccc34)CC2)c1. The maximum atomic E-state index is 12.9. The normalized spacial score (nSPS) is 14.8. The van der Waals surface area contributed by atoms with Crippen LogP contribution in [-0.4, -0.2) is 56.1 Å². The lowest BCUT2D eigenvalue weighted by Gasteiger charge is -2.35. The Morgan fingerprint density at radius 3 is 2.53 bits per heavy atom. The molecule has 0 saturated carbocycles. The fourth-order valence-corrected chi connectivity index (χ4v) is 4.00. The van der Waals surface area contributed by atoms with Crippen molar-refractivity contribution >= 4 is 16.9 Å². The van der Waals surface area contributed by atoms with E-state index >= 15 is 0 Å². The third-order valence-electron chi connectivity index (χ3n) is 5.76. The van der Waals surface area contributed by atoms with E-state index in [1.54, 1.807) is 20.5 Å². The van der Waals surface area contributed by atoms with Gasteiger partial charge in [-0.3, -0.25) is 9.69 Å². The van der Waals surface area contributed by atoms with Gasteiger partial charge in [-0.05, 0) is 36.8 Å². The van der Waals surface area contributed by atoms with Gasteiger partial charge in [0.2, 0.25) is 5.91 Å². The van der Waals surface area contributed by atoms with E-state index in [4.69, 9.17) is 13.9 Å². The van der Waals surface area contributed by atoms with Gasteiger partial charge < -0.3 is 18.8 Å². The van der Waals surface area contributed by atoms with Gasteiger partial charge in [0, 0.05) is 49.2 Å². The molecule has 1 fully saturated rings. The Labute approximate surface area is 177 Å². The molecule has 0 spiro atoms. The van der Waals surface area contributed by atoms with Gasteiger partial charge in [0.15, 0.2) is 0 Å². The number of carbonyl (C=O) groups is 1. The van der Waals surface area contributed by atoms with Gasteiger partial charge in [-0.25, -0.2) is 0 Å². The average molecular weight is 408 g/mol. The molecule has 2 heterocycles. The fraction of sp³-hybridized carbons (Fsp3) is 0.375. The van der Waals surface area contributed by atoms with Crippen LogP contribution >= 0.6 is 0 Å². The van der Waals surface area contributed by atoms with Crippen molar-refractivity contribution in [3.8, 4) is 11.5 Å². The van der Waals surface area contributed by atoms with Crippen molar-refractivity contribution in [3.05, 3.63) is 59.4 Å². The molecule has 6 nitrogen and oxygen atoms in total. The second kappa shape index (κ2) is 8.79. The van der Waals surface area contributed by atoms with E-state index in [2.05, 4.69) is 11.0 Å². The average Bonchev–Trinajstić information content (AvgIpc) is 3.15. The summed E-state index contributed by atoms with van der Waals surface area (Å²) in [7, 11) is 3.35. The highest BCUT2D eigenvalue weighted by molar-refractivity contribution is 5.88. The van der Waals surface area contributed by atoms with Gasteiger partial charge in [-0.1, -0.05) is 12.1 Å². The van der Waals surface area contributed by atoms with Crippen molar-refractivity contribution in [2.24, 2.45) is 0 Å². The van der Waals surface area contributed by atoms with Crippen LogP contribution in [0.25, 0.3) is 11.0 Å². The van der Waals surface area contributed by atoms with Crippen LogP contribution in [0.2, 0.25) is 0 Å². The van der Waals surface area contributed by atoms with Gasteiger partial charge in [0.1, 0.15) is 17.1 Å². The van der Waals surface area contributed by atoms with E-state index in [0.29, 0.717) is 6.42 Å². The van der Waals surface area contributed by atoms with Crippen LogP contribution in [0.5, 0.6) is 11.5 Å². The second-order valence-electron chi connectivity index (χ2n) is 7.77. The van der Waals surface area contributed by atoms with Crippen molar-refractivity contribution in [1.82, 2.24) is 9.80 Å². The number of piperazine rings is 1. The standard InChI is InChI=1S/C24H28N2O4/c1-17-4-6-21-19(16-30-23(21)12-17)14-24(27)26-10-8-25(9-11-26)15-18-13-20(28-2)5-7-22(18)29-3/h4-7,12-13,16H,8-11,14-15H2,1-3H3. The Morgan fingerprint density at radius 1 is 1.00 bits per heavy atom. The zero-order valence-electron chi connectivity index (χ0n) is 17.8. The molecule has 0 radical (unpaired) electrons. The summed E-state index contributed by atoms with van der Waals surface area (Å²) in [6.07, 6.45) is 2.09.